The number of aromatic nitrogens is 2. The molecule has 0 atom stereocenters. The summed E-state index contributed by atoms with van der Waals surface area (Å²) in [5.41, 5.74) is -0.619. The number of nitro groups is 1. The summed E-state index contributed by atoms with van der Waals surface area (Å²) in [5, 5.41) is 23.9. The normalized spacial score (nSPS) is 10.4. The number of halogens is 1. The minimum absolute atomic E-state index is 0.172. The zero-order valence-corrected chi connectivity index (χ0v) is 11.0. The van der Waals surface area contributed by atoms with Gasteiger partial charge in [0.15, 0.2) is 0 Å². The minimum Gasteiger partial charge on any atom is -0.477 e. The molecule has 110 valence electrons. The quantitative estimate of drug-likeness (QED) is 0.684. The van der Waals surface area contributed by atoms with Gasteiger partial charge in [-0.25, -0.2) is 13.9 Å². The van der Waals surface area contributed by atoms with E-state index in [-0.39, 0.29) is 22.9 Å². The third-order valence-corrected chi connectivity index (χ3v) is 2.71. The maximum Gasteiger partial charge on any atom is 0.343 e. The van der Waals surface area contributed by atoms with E-state index < -0.39 is 22.4 Å². The maximum absolute atomic E-state index is 13.1. The van der Waals surface area contributed by atoms with Crippen LogP contribution in [0.3, 0.4) is 0 Å². The molecule has 0 bridgehead atoms. The van der Waals surface area contributed by atoms with Crippen molar-refractivity contribution in [1.82, 2.24) is 9.78 Å². The van der Waals surface area contributed by atoms with Crippen LogP contribution in [0.2, 0.25) is 0 Å². The summed E-state index contributed by atoms with van der Waals surface area (Å²) in [5.74, 6) is -2.52. The number of ether oxygens (including phenoxy) is 1. The van der Waals surface area contributed by atoms with Crippen molar-refractivity contribution in [3.05, 3.63) is 45.4 Å². The number of carbonyl (C=O) groups is 1. The van der Waals surface area contributed by atoms with Gasteiger partial charge in [0, 0.05) is 7.05 Å². The number of nitro benzene ring substituents is 1. The molecular formula is C12H10FN3O5. The van der Waals surface area contributed by atoms with Gasteiger partial charge in [-0.15, -0.1) is 0 Å². The Morgan fingerprint density at radius 3 is 2.76 bits per heavy atom. The smallest absolute Gasteiger partial charge is 0.343 e. The number of hydrogen-bond acceptors (Lipinski definition) is 5. The molecule has 0 spiro atoms. The van der Waals surface area contributed by atoms with E-state index in [2.05, 4.69) is 5.10 Å². The van der Waals surface area contributed by atoms with E-state index in [0.29, 0.717) is 6.07 Å². The van der Waals surface area contributed by atoms with Crippen molar-refractivity contribution < 1.29 is 24.0 Å². The van der Waals surface area contributed by atoms with Crippen LogP contribution < -0.4 is 4.74 Å². The molecule has 0 saturated heterocycles. The van der Waals surface area contributed by atoms with Crippen LogP contribution in [-0.2, 0) is 7.05 Å². The molecule has 1 aromatic carbocycles. The van der Waals surface area contributed by atoms with Crippen LogP contribution in [0.1, 0.15) is 16.1 Å². The standard InChI is InChI=1S/C12H10FN3O5/c1-6-10(12(17)18)11(15(2)14-6)21-9-4-3-7(13)5-8(9)16(19)20/h3-5H,1-2H3,(H,17,18). The number of aromatic carboxylic acids is 1. The van der Waals surface area contributed by atoms with Gasteiger partial charge in [0.05, 0.1) is 16.7 Å². The average molecular weight is 295 g/mol. The third kappa shape index (κ3) is 2.66. The highest BCUT2D eigenvalue weighted by atomic mass is 19.1. The van der Waals surface area contributed by atoms with Crippen LogP contribution in [0.5, 0.6) is 11.6 Å². The fourth-order valence-corrected chi connectivity index (χ4v) is 1.82. The van der Waals surface area contributed by atoms with Gasteiger partial charge in [-0.3, -0.25) is 10.1 Å². The van der Waals surface area contributed by atoms with E-state index in [4.69, 9.17) is 9.84 Å². The molecular weight excluding hydrogens is 285 g/mol. The second-order valence-electron chi connectivity index (χ2n) is 4.17. The molecule has 0 saturated carbocycles. The lowest BCUT2D eigenvalue weighted by molar-refractivity contribution is -0.385. The zero-order valence-electron chi connectivity index (χ0n) is 11.0. The monoisotopic (exact) mass is 295 g/mol. The number of hydrogen-bond donors (Lipinski definition) is 1. The summed E-state index contributed by atoms with van der Waals surface area (Å²) in [6.07, 6.45) is 0. The molecule has 8 nitrogen and oxygen atoms in total. The van der Waals surface area contributed by atoms with E-state index >= 15 is 0 Å². The molecule has 1 heterocycles. The number of aryl methyl sites for hydroxylation is 2. The molecule has 1 N–H and O–H groups in total. The number of benzene rings is 1. The Morgan fingerprint density at radius 2 is 2.19 bits per heavy atom. The Morgan fingerprint density at radius 1 is 1.52 bits per heavy atom. The van der Waals surface area contributed by atoms with E-state index in [9.17, 15) is 19.3 Å². The first kappa shape index (κ1) is 14.4. The van der Waals surface area contributed by atoms with Crippen molar-refractivity contribution in [3.63, 3.8) is 0 Å². The van der Waals surface area contributed by atoms with Crippen molar-refractivity contribution in [3.8, 4) is 11.6 Å². The highest BCUT2D eigenvalue weighted by molar-refractivity contribution is 5.91. The van der Waals surface area contributed by atoms with Gasteiger partial charge < -0.3 is 9.84 Å². The van der Waals surface area contributed by atoms with Gasteiger partial charge in [0.2, 0.25) is 11.6 Å². The molecule has 1 aromatic heterocycles. The van der Waals surface area contributed by atoms with Crippen molar-refractivity contribution in [2.24, 2.45) is 7.05 Å². The van der Waals surface area contributed by atoms with Crippen LogP contribution in [0.25, 0.3) is 0 Å². The minimum atomic E-state index is -1.28. The highest BCUT2D eigenvalue weighted by Gasteiger charge is 2.25. The Balaban J connectivity index is 2.53. The molecule has 9 heteroatoms. The topological polar surface area (TPSA) is 107 Å². The van der Waals surface area contributed by atoms with Gasteiger partial charge in [0.25, 0.3) is 0 Å². The number of carboxylic acids is 1. The first-order chi connectivity index (χ1) is 9.81. The number of rotatable bonds is 4. The predicted octanol–water partition coefficient (Wildman–Crippen LogP) is 2.27. The number of nitrogens with zero attached hydrogens (tertiary/aromatic N) is 3. The molecule has 0 fully saturated rings. The van der Waals surface area contributed by atoms with Crippen molar-refractivity contribution in [2.45, 2.75) is 6.92 Å². The van der Waals surface area contributed by atoms with Gasteiger partial charge in [-0.2, -0.15) is 5.10 Å². The van der Waals surface area contributed by atoms with E-state index in [1.165, 1.54) is 14.0 Å². The lowest BCUT2D eigenvalue weighted by Crippen LogP contribution is -2.03. The van der Waals surface area contributed by atoms with Crippen LogP contribution in [0, 0.1) is 22.9 Å². The van der Waals surface area contributed by atoms with E-state index in [1.54, 1.807) is 0 Å². The Hall–Kier alpha value is -2.97. The molecule has 0 unspecified atom stereocenters. The second-order valence-corrected chi connectivity index (χ2v) is 4.17. The fraction of sp³-hybridized carbons (Fsp3) is 0.167. The predicted molar refractivity (Wildman–Crippen MR) is 68.0 cm³/mol. The van der Waals surface area contributed by atoms with Crippen molar-refractivity contribution in [1.29, 1.82) is 0 Å². The van der Waals surface area contributed by atoms with Crippen LogP contribution in [-0.4, -0.2) is 25.8 Å². The molecule has 0 aliphatic carbocycles. The Labute approximate surface area is 117 Å². The largest absolute Gasteiger partial charge is 0.477 e. The van der Waals surface area contributed by atoms with Gasteiger partial charge >= 0.3 is 11.7 Å². The SMILES string of the molecule is Cc1nn(C)c(Oc2ccc(F)cc2[N+](=O)[O-])c1C(=O)O. The molecule has 21 heavy (non-hydrogen) atoms. The summed E-state index contributed by atoms with van der Waals surface area (Å²) in [6.45, 7) is 1.47. The lowest BCUT2D eigenvalue weighted by Gasteiger charge is -2.07. The summed E-state index contributed by atoms with van der Waals surface area (Å²) in [6, 6.07) is 2.73. The van der Waals surface area contributed by atoms with Crippen molar-refractivity contribution >= 4 is 11.7 Å². The van der Waals surface area contributed by atoms with E-state index in [0.717, 1.165) is 16.8 Å². The summed E-state index contributed by atoms with van der Waals surface area (Å²) in [4.78, 5) is 21.3. The average Bonchev–Trinajstić information content (AvgIpc) is 2.66. The van der Waals surface area contributed by atoms with Crippen LogP contribution >= 0.6 is 0 Å². The number of carboxylic acid groups (broad SMARTS) is 1. The lowest BCUT2D eigenvalue weighted by atomic mass is 10.2. The highest BCUT2D eigenvalue weighted by Crippen LogP contribution is 2.34. The van der Waals surface area contributed by atoms with Crippen LogP contribution in [0.15, 0.2) is 18.2 Å². The Kier molecular flexibility index (Phi) is 3.57. The molecule has 0 radical (unpaired) electrons. The van der Waals surface area contributed by atoms with Crippen molar-refractivity contribution in [2.75, 3.05) is 0 Å². The molecule has 2 aromatic rings. The third-order valence-electron chi connectivity index (χ3n) is 2.71. The molecule has 0 aliphatic rings. The first-order valence-corrected chi connectivity index (χ1v) is 5.70. The zero-order chi connectivity index (χ0) is 15.7. The van der Waals surface area contributed by atoms with Gasteiger partial charge in [-0.05, 0) is 19.1 Å². The van der Waals surface area contributed by atoms with Gasteiger partial charge in [0.1, 0.15) is 11.4 Å². The summed E-state index contributed by atoms with van der Waals surface area (Å²) >= 11 is 0. The van der Waals surface area contributed by atoms with Gasteiger partial charge in [-0.1, -0.05) is 0 Å². The summed E-state index contributed by atoms with van der Waals surface area (Å²) < 4.78 is 19.5. The van der Waals surface area contributed by atoms with E-state index in [1.807, 2.05) is 0 Å². The first-order valence-electron chi connectivity index (χ1n) is 5.70. The molecule has 0 amide bonds. The molecule has 2 rings (SSSR count). The molecule has 0 aliphatic heterocycles. The fourth-order valence-electron chi connectivity index (χ4n) is 1.82. The maximum atomic E-state index is 13.1. The Bertz CT molecular complexity index is 741. The van der Waals surface area contributed by atoms with Crippen LogP contribution in [0.4, 0.5) is 10.1 Å². The second kappa shape index (κ2) is 5.19. The summed E-state index contributed by atoms with van der Waals surface area (Å²) in [7, 11) is 1.43.